The third-order valence-electron chi connectivity index (χ3n) is 3.06. The van der Waals surface area contributed by atoms with Crippen molar-refractivity contribution in [2.75, 3.05) is 32.1 Å². The molecule has 1 unspecified atom stereocenters. The molecule has 5 heteroatoms. The Morgan fingerprint density at radius 3 is 2.94 bits per heavy atom. The van der Waals surface area contributed by atoms with Crippen LogP contribution < -0.4 is 20.7 Å². The van der Waals surface area contributed by atoms with Gasteiger partial charge in [-0.15, -0.1) is 0 Å². The van der Waals surface area contributed by atoms with Crippen LogP contribution in [0.4, 0.5) is 5.69 Å². The summed E-state index contributed by atoms with van der Waals surface area (Å²) in [4.78, 5) is 12.1. The number of amides is 1. The van der Waals surface area contributed by atoms with Crippen molar-refractivity contribution >= 4 is 11.6 Å². The first-order chi connectivity index (χ1) is 8.70. The van der Waals surface area contributed by atoms with E-state index in [0.717, 1.165) is 30.1 Å². The van der Waals surface area contributed by atoms with Crippen molar-refractivity contribution in [2.24, 2.45) is 0 Å². The van der Waals surface area contributed by atoms with Gasteiger partial charge in [0.05, 0.1) is 13.2 Å². The predicted molar refractivity (Wildman–Crippen MR) is 71.0 cm³/mol. The Hall–Kier alpha value is -1.59. The number of nitrogens with one attached hydrogen (secondary N) is 3. The molecule has 1 atom stereocenters. The van der Waals surface area contributed by atoms with Gasteiger partial charge in [-0.3, -0.25) is 4.79 Å². The Morgan fingerprint density at radius 2 is 2.28 bits per heavy atom. The Kier molecular flexibility index (Phi) is 4.17. The maximum absolute atomic E-state index is 12.1. The second-order valence-electron chi connectivity index (χ2n) is 4.38. The smallest absolute Gasteiger partial charge is 0.242 e. The van der Waals surface area contributed by atoms with Crippen molar-refractivity contribution in [3.8, 4) is 5.75 Å². The van der Waals surface area contributed by atoms with E-state index in [0.29, 0.717) is 6.54 Å². The first kappa shape index (κ1) is 12.9. The van der Waals surface area contributed by atoms with Gasteiger partial charge in [0.1, 0.15) is 5.75 Å². The second-order valence-corrected chi connectivity index (χ2v) is 4.38. The van der Waals surface area contributed by atoms with Crippen LogP contribution in [0.5, 0.6) is 5.75 Å². The zero-order valence-corrected chi connectivity index (χ0v) is 10.7. The summed E-state index contributed by atoms with van der Waals surface area (Å²) in [5.41, 5.74) is 1.82. The molecule has 0 aliphatic carbocycles. The maximum Gasteiger partial charge on any atom is 0.242 e. The van der Waals surface area contributed by atoms with E-state index in [-0.39, 0.29) is 11.9 Å². The monoisotopic (exact) mass is 249 g/mol. The number of carbonyl (C=O) groups excluding carboxylic acids is 1. The standard InChI is InChI=1S/C13H19N3O2/c1-9-3-4-10(18-2)7-11(9)16-13(17)12-8-14-5-6-15-12/h3-4,7,12,14-15H,5-6,8H2,1-2H3,(H,16,17). The molecular formula is C13H19N3O2. The zero-order chi connectivity index (χ0) is 13.0. The molecule has 1 saturated heterocycles. The Bertz CT molecular complexity index is 428. The maximum atomic E-state index is 12.1. The van der Waals surface area contributed by atoms with Crippen molar-refractivity contribution < 1.29 is 9.53 Å². The summed E-state index contributed by atoms with van der Waals surface area (Å²) in [5.74, 6) is 0.726. The molecule has 0 spiro atoms. The number of rotatable bonds is 3. The molecule has 1 amide bonds. The largest absolute Gasteiger partial charge is 0.497 e. The average molecular weight is 249 g/mol. The number of carbonyl (C=O) groups is 1. The van der Waals surface area contributed by atoms with E-state index >= 15 is 0 Å². The summed E-state index contributed by atoms with van der Waals surface area (Å²) in [6, 6.07) is 5.47. The minimum atomic E-state index is -0.177. The molecule has 1 aliphatic rings. The first-order valence-electron chi connectivity index (χ1n) is 6.10. The fraction of sp³-hybridized carbons (Fsp3) is 0.462. The molecule has 5 nitrogen and oxygen atoms in total. The molecule has 2 rings (SSSR count). The fourth-order valence-electron chi connectivity index (χ4n) is 1.92. The first-order valence-corrected chi connectivity index (χ1v) is 6.10. The minimum absolute atomic E-state index is 0.0152. The van der Waals surface area contributed by atoms with E-state index in [4.69, 9.17) is 4.74 Å². The van der Waals surface area contributed by atoms with Crippen molar-refractivity contribution in [1.82, 2.24) is 10.6 Å². The molecule has 1 aromatic carbocycles. The van der Waals surface area contributed by atoms with Gasteiger partial charge in [0, 0.05) is 31.4 Å². The van der Waals surface area contributed by atoms with E-state index in [1.807, 2.05) is 25.1 Å². The van der Waals surface area contributed by atoms with Crippen LogP contribution in [0.2, 0.25) is 0 Å². The third kappa shape index (κ3) is 3.00. The number of methoxy groups -OCH3 is 1. The lowest BCUT2D eigenvalue weighted by molar-refractivity contribution is -0.118. The van der Waals surface area contributed by atoms with E-state index in [2.05, 4.69) is 16.0 Å². The van der Waals surface area contributed by atoms with Crippen LogP contribution in [0, 0.1) is 6.92 Å². The topological polar surface area (TPSA) is 62.4 Å². The highest BCUT2D eigenvalue weighted by molar-refractivity contribution is 5.95. The molecule has 0 aromatic heterocycles. The van der Waals surface area contributed by atoms with Crippen LogP contribution in [-0.2, 0) is 4.79 Å². The number of ether oxygens (including phenoxy) is 1. The van der Waals surface area contributed by atoms with Crippen molar-refractivity contribution in [2.45, 2.75) is 13.0 Å². The molecule has 1 aromatic rings. The van der Waals surface area contributed by atoms with Crippen LogP contribution in [0.1, 0.15) is 5.56 Å². The van der Waals surface area contributed by atoms with Crippen molar-refractivity contribution in [3.63, 3.8) is 0 Å². The van der Waals surface area contributed by atoms with E-state index in [1.165, 1.54) is 0 Å². The van der Waals surface area contributed by atoms with Gasteiger partial charge in [0.15, 0.2) is 0 Å². The Labute approximate surface area is 107 Å². The van der Waals surface area contributed by atoms with Gasteiger partial charge in [0.25, 0.3) is 0 Å². The SMILES string of the molecule is COc1ccc(C)c(NC(=O)C2CNCCN2)c1. The average Bonchev–Trinajstić information content (AvgIpc) is 2.42. The van der Waals surface area contributed by atoms with Gasteiger partial charge >= 0.3 is 0 Å². The molecule has 0 radical (unpaired) electrons. The number of aryl methyl sites for hydroxylation is 1. The van der Waals surface area contributed by atoms with Crippen LogP contribution in [0.3, 0.4) is 0 Å². The van der Waals surface area contributed by atoms with Crippen molar-refractivity contribution in [3.05, 3.63) is 23.8 Å². The number of benzene rings is 1. The molecule has 1 heterocycles. The van der Waals surface area contributed by atoms with Crippen LogP contribution in [0.25, 0.3) is 0 Å². The van der Waals surface area contributed by atoms with Gasteiger partial charge in [0.2, 0.25) is 5.91 Å². The van der Waals surface area contributed by atoms with Crippen LogP contribution >= 0.6 is 0 Å². The molecule has 0 saturated carbocycles. The molecule has 3 N–H and O–H groups in total. The minimum Gasteiger partial charge on any atom is -0.497 e. The van der Waals surface area contributed by atoms with Gasteiger partial charge in [-0.2, -0.15) is 0 Å². The van der Waals surface area contributed by atoms with E-state index < -0.39 is 0 Å². The molecule has 1 fully saturated rings. The number of anilines is 1. The number of hydrogen-bond acceptors (Lipinski definition) is 4. The third-order valence-corrected chi connectivity index (χ3v) is 3.06. The Balaban J connectivity index is 2.05. The second kappa shape index (κ2) is 5.84. The summed E-state index contributed by atoms with van der Waals surface area (Å²) in [7, 11) is 1.61. The lowest BCUT2D eigenvalue weighted by Gasteiger charge is -2.24. The quantitative estimate of drug-likeness (QED) is 0.730. The lowest BCUT2D eigenvalue weighted by Crippen LogP contribution is -2.54. The summed E-state index contributed by atoms with van der Waals surface area (Å²) >= 11 is 0. The zero-order valence-electron chi connectivity index (χ0n) is 10.7. The van der Waals surface area contributed by atoms with Crippen LogP contribution in [-0.4, -0.2) is 38.7 Å². The molecular weight excluding hydrogens is 230 g/mol. The predicted octanol–water partition coefficient (Wildman–Crippen LogP) is 0.504. The normalized spacial score (nSPS) is 19.3. The van der Waals surface area contributed by atoms with Crippen molar-refractivity contribution in [1.29, 1.82) is 0 Å². The summed E-state index contributed by atoms with van der Waals surface area (Å²) in [6.45, 7) is 4.34. The summed E-state index contributed by atoms with van der Waals surface area (Å²) < 4.78 is 5.16. The summed E-state index contributed by atoms with van der Waals surface area (Å²) in [5, 5.41) is 9.31. The van der Waals surface area contributed by atoms with E-state index in [9.17, 15) is 4.79 Å². The lowest BCUT2D eigenvalue weighted by atomic mass is 10.1. The van der Waals surface area contributed by atoms with Gasteiger partial charge in [-0.1, -0.05) is 6.07 Å². The number of piperazine rings is 1. The Morgan fingerprint density at radius 1 is 1.44 bits per heavy atom. The highest BCUT2D eigenvalue weighted by Crippen LogP contribution is 2.21. The molecule has 0 bridgehead atoms. The van der Waals surface area contributed by atoms with Gasteiger partial charge in [-0.05, 0) is 18.6 Å². The molecule has 98 valence electrons. The fourth-order valence-corrected chi connectivity index (χ4v) is 1.92. The molecule has 1 aliphatic heterocycles. The highest BCUT2D eigenvalue weighted by Gasteiger charge is 2.20. The van der Waals surface area contributed by atoms with E-state index in [1.54, 1.807) is 7.11 Å². The van der Waals surface area contributed by atoms with Gasteiger partial charge < -0.3 is 20.7 Å². The van der Waals surface area contributed by atoms with Crippen LogP contribution in [0.15, 0.2) is 18.2 Å². The van der Waals surface area contributed by atoms with Gasteiger partial charge in [-0.25, -0.2) is 0 Å². The molecule has 18 heavy (non-hydrogen) atoms. The summed E-state index contributed by atoms with van der Waals surface area (Å²) in [6.07, 6.45) is 0. The number of hydrogen-bond donors (Lipinski definition) is 3. The highest BCUT2D eigenvalue weighted by atomic mass is 16.5.